The van der Waals surface area contributed by atoms with Gasteiger partial charge in [-0.3, -0.25) is 9.59 Å². The van der Waals surface area contributed by atoms with Gasteiger partial charge in [0, 0.05) is 31.5 Å². The van der Waals surface area contributed by atoms with E-state index >= 15 is 4.39 Å². The highest BCUT2D eigenvalue weighted by Gasteiger charge is 2.66. The lowest BCUT2D eigenvalue weighted by Gasteiger charge is -2.33. The van der Waals surface area contributed by atoms with Crippen molar-refractivity contribution in [2.45, 2.75) is 68.3 Å². The van der Waals surface area contributed by atoms with Gasteiger partial charge in [0.05, 0.1) is 37.2 Å². The minimum absolute atomic E-state index is 0.0134. The largest absolute Gasteiger partial charge is 0.453 e. The Morgan fingerprint density at radius 1 is 1.00 bits per heavy atom. The molecule has 2 saturated heterocycles. The molecule has 2 atom stereocenters. The van der Waals surface area contributed by atoms with E-state index in [0.717, 1.165) is 12.0 Å². The van der Waals surface area contributed by atoms with Crippen LogP contribution < -0.4 is 5.32 Å². The maximum Gasteiger partial charge on any atom is 0.409 e. The number of ether oxygens (including phenoxy) is 1. The maximum atomic E-state index is 16.6. The zero-order valence-corrected chi connectivity index (χ0v) is 25.6. The SMILES string of the molecule is COC(=O)N1CC[C@](C(=O)N2CC(F)(F)C(F)(F)C2)(c2ccc3[nH]c([C@@H](NC(=O)c4nonc4C)C4CCC(F)(F)CC4)nc3c2F)C1. The van der Waals surface area contributed by atoms with E-state index in [2.05, 4.69) is 30.2 Å². The molecule has 3 amide bonds. The van der Waals surface area contributed by atoms with Crippen LogP contribution in [-0.4, -0.2) is 99.0 Å². The van der Waals surface area contributed by atoms with Gasteiger partial charge in [-0.15, -0.1) is 0 Å². The van der Waals surface area contributed by atoms with E-state index in [1.807, 2.05) is 0 Å². The third-order valence-corrected chi connectivity index (χ3v) is 9.52. The van der Waals surface area contributed by atoms with E-state index in [-0.39, 0.29) is 64.5 Å². The predicted molar refractivity (Wildman–Crippen MR) is 149 cm³/mol. The minimum Gasteiger partial charge on any atom is -0.453 e. The highest BCUT2D eigenvalue weighted by atomic mass is 19.3. The number of aromatic amines is 1. The third-order valence-electron chi connectivity index (χ3n) is 9.52. The molecule has 0 radical (unpaired) electrons. The van der Waals surface area contributed by atoms with Crippen LogP contribution in [0.15, 0.2) is 16.8 Å². The first kappa shape index (κ1) is 33.5. The van der Waals surface area contributed by atoms with Gasteiger partial charge in [-0.25, -0.2) is 27.6 Å². The summed E-state index contributed by atoms with van der Waals surface area (Å²) in [6, 6.07) is 1.45. The van der Waals surface area contributed by atoms with Gasteiger partial charge in [0.1, 0.15) is 17.0 Å². The lowest BCUT2D eigenvalue weighted by atomic mass is 9.77. The summed E-state index contributed by atoms with van der Waals surface area (Å²) in [6.07, 6.45) is -2.20. The molecule has 48 heavy (non-hydrogen) atoms. The summed E-state index contributed by atoms with van der Waals surface area (Å²) >= 11 is 0. The van der Waals surface area contributed by atoms with Crippen LogP contribution in [0.2, 0.25) is 0 Å². The maximum absolute atomic E-state index is 16.6. The number of carbonyl (C=O) groups is 3. The molecule has 19 heteroatoms. The molecule has 0 spiro atoms. The Bertz CT molecular complexity index is 1740. The Hall–Kier alpha value is -4.45. The quantitative estimate of drug-likeness (QED) is 0.360. The molecule has 2 N–H and O–H groups in total. The van der Waals surface area contributed by atoms with Crippen LogP contribution >= 0.6 is 0 Å². The summed E-state index contributed by atoms with van der Waals surface area (Å²) in [4.78, 5) is 47.9. The standard InChI is InChI=1S/C29H30F7N7O5/c1-14-19(41-48-40-14)23(44)39-20(15-5-7-27(31,32)8-6-15)22-37-17-4-3-16(18(30)21(17)38-22)26(9-10-42(11-26)25(46)47-2)24(45)43-12-28(33,34)29(35,36)13-43/h3-4,15,20H,5-13H2,1-2H3,(H,37,38)(H,39,44)/t20-,26+/m0/s1. The van der Waals surface area contributed by atoms with E-state index in [9.17, 15) is 40.7 Å². The van der Waals surface area contributed by atoms with Crippen LogP contribution in [0, 0.1) is 18.7 Å². The summed E-state index contributed by atoms with van der Waals surface area (Å²) < 4.78 is 111. The molecule has 1 saturated carbocycles. The summed E-state index contributed by atoms with van der Waals surface area (Å²) in [7, 11) is 1.06. The molecule has 3 aromatic rings. The average molecular weight is 690 g/mol. The monoisotopic (exact) mass is 689 g/mol. The average Bonchev–Trinajstić information content (AvgIpc) is 3.81. The smallest absolute Gasteiger partial charge is 0.409 e. The van der Waals surface area contributed by atoms with E-state index in [1.54, 1.807) is 0 Å². The van der Waals surface area contributed by atoms with Crippen LogP contribution in [0.5, 0.6) is 0 Å². The van der Waals surface area contributed by atoms with E-state index < -0.39 is 91.3 Å². The third kappa shape index (κ3) is 5.59. The Morgan fingerprint density at radius 2 is 1.67 bits per heavy atom. The number of nitrogens with one attached hydrogen (secondary N) is 2. The number of methoxy groups -OCH3 is 1. The van der Waals surface area contributed by atoms with Crippen molar-refractivity contribution < 1.29 is 54.5 Å². The molecule has 1 aliphatic carbocycles. The molecule has 1 aromatic carbocycles. The van der Waals surface area contributed by atoms with Crippen LogP contribution in [0.1, 0.15) is 65.7 Å². The molecule has 2 aliphatic heterocycles. The lowest BCUT2D eigenvalue weighted by Crippen LogP contribution is -2.49. The molecule has 3 aliphatic rings. The summed E-state index contributed by atoms with van der Waals surface area (Å²) in [5, 5.41) is 9.83. The number of imidazole rings is 1. The first-order valence-electron chi connectivity index (χ1n) is 15.0. The van der Waals surface area contributed by atoms with Crippen LogP contribution in [-0.2, 0) is 14.9 Å². The molecule has 12 nitrogen and oxygen atoms in total. The van der Waals surface area contributed by atoms with Gasteiger partial charge in [-0.05, 0) is 43.3 Å². The van der Waals surface area contributed by atoms with E-state index in [0.29, 0.717) is 0 Å². The second-order valence-electron chi connectivity index (χ2n) is 12.6. The molecule has 6 rings (SSSR count). The highest BCUT2D eigenvalue weighted by Crippen LogP contribution is 2.46. The Balaban J connectivity index is 1.40. The number of aromatic nitrogens is 4. The van der Waals surface area contributed by atoms with Crippen molar-refractivity contribution in [3.05, 3.63) is 40.7 Å². The molecule has 0 unspecified atom stereocenters. The topological polar surface area (TPSA) is 147 Å². The van der Waals surface area contributed by atoms with Crippen LogP contribution in [0.4, 0.5) is 35.5 Å². The van der Waals surface area contributed by atoms with Crippen LogP contribution in [0.3, 0.4) is 0 Å². The number of benzene rings is 1. The number of nitrogens with zero attached hydrogens (tertiary/aromatic N) is 5. The molecule has 3 fully saturated rings. The number of carbonyl (C=O) groups excluding carboxylic acids is 3. The van der Waals surface area contributed by atoms with Gasteiger partial charge in [-0.2, -0.15) is 17.6 Å². The fourth-order valence-corrected chi connectivity index (χ4v) is 6.85. The van der Waals surface area contributed by atoms with Gasteiger partial charge >= 0.3 is 17.9 Å². The van der Waals surface area contributed by atoms with Crippen molar-refractivity contribution >= 4 is 28.9 Å². The number of aryl methyl sites for hydroxylation is 1. The minimum atomic E-state index is -4.53. The molecule has 2 aromatic heterocycles. The zero-order chi connectivity index (χ0) is 34.8. The van der Waals surface area contributed by atoms with Crippen molar-refractivity contribution in [3.8, 4) is 0 Å². The second kappa shape index (κ2) is 11.6. The number of hydrogen-bond acceptors (Lipinski definition) is 8. The summed E-state index contributed by atoms with van der Waals surface area (Å²) in [5.41, 5.74) is -2.76. The van der Waals surface area contributed by atoms with Crippen molar-refractivity contribution in [1.29, 1.82) is 0 Å². The zero-order valence-electron chi connectivity index (χ0n) is 25.6. The number of amides is 3. The Morgan fingerprint density at radius 3 is 2.27 bits per heavy atom. The number of fused-ring (bicyclic) bond motifs is 1. The second-order valence-corrected chi connectivity index (χ2v) is 12.6. The fraction of sp³-hybridized carbons (Fsp3) is 0.586. The normalized spacial score (nSPS) is 24.2. The predicted octanol–water partition coefficient (Wildman–Crippen LogP) is 4.51. The Kier molecular flexibility index (Phi) is 8.09. The first-order chi connectivity index (χ1) is 22.5. The molecule has 0 bridgehead atoms. The van der Waals surface area contributed by atoms with E-state index in [1.165, 1.54) is 19.1 Å². The number of alkyl halides is 6. The molecular formula is C29H30F7N7O5. The number of halogens is 7. The highest BCUT2D eigenvalue weighted by molar-refractivity contribution is 5.94. The van der Waals surface area contributed by atoms with Gasteiger partial charge in [0.2, 0.25) is 11.8 Å². The van der Waals surface area contributed by atoms with Gasteiger partial charge < -0.3 is 24.8 Å². The summed E-state index contributed by atoms with van der Waals surface area (Å²) in [6.45, 7) is -2.51. The molecule has 260 valence electrons. The number of hydrogen-bond donors (Lipinski definition) is 2. The number of rotatable bonds is 6. The van der Waals surface area contributed by atoms with Crippen molar-refractivity contribution in [2.75, 3.05) is 33.3 Å². The molecule has 4 heterocycles. The van der Waals surface area contributed by atoms with Crippen molar-refractivity contribution in [1.82, 2.24) is 35.4 Å². The summed E-state index contributed by atoms with van der Waals surface area (Å²) in [5.74, 6) is -15.7. The lowest BCUT2D eigenvalue weighted by molar-refractivity contribution is -0.172. The van der Waals surface area contributed by atoms with Gasteiger partial charge in [-0.1, -0.05) is 11.2 Å². The van der Waals surface area contributed by atoms with E-state index in [4.69, 9.17) is 4.74 Å². The fourth-order valence-electron chi connectivity index (χ4n) is 6.85. The van der Waals surface area contributed by atoms with Crippen molar-refractivity contribution in [2.24, 2.45) is 5.92 Å². The van der Waals surface area contributed by atoms with Crippen LogP contribution in [0.25, 0.3) is 11.0 Å². The number of likely N-dealkylation sites (tertiary alicyclic amines) is 2. The number of H-pyrrole nitrogens is 1. The van der Waals surface area contributed by atoms with Crippen molar-refractivity contribution in [3.63, 3.8) is 0 Å². The van der Waals surface area contributed by atoms with Gasteiger partial charge in [0.15, 0.2) is 11.5 Å². The molecular weight excluding hydrogens is 659 g/mol. The Labute approximate surface area is 267 Å². The van der Waals surface area contributed by atoms with Gasteiger partial charge in [0.25, 0.3) is 5.91 Å². The first-order valence-corrected chi connectivity index (χ1v) is 15.0.